The standard InChI is InChI=1S/C30H34ClF3N6O4S/c1-16-17(5-4-6-22(16)42-3)15-40(19-7-8-19)28(41)24-20(11-18-12-35-13-21(24)37-18)23-14-36-29(45-23)44-10-9-43-27-25(31)26(30(32,33)34)39(2)38-27/h4-6,14,18-19,21,35,37H,7-13,15H2,1-3H3. The van der Waals surface area contributed by atoms with E-state index in [1.165, 1.54) is 11.3 Å². The first-order chi connectivity index (χ1) is 21.5. The Kier molecular flexibility index (Phi) is 9.01. The van der Waals surface area contributed by atoms with E-state index in [1.54, 1.807) is 13.3 Å². The van der Waals surface area contributed by atoms with Crippen molar-refractivity contribution in [1.82, 2.24) is 30.3 Å². The number of alkyl halides is 3. The van der Waals surface area contributed by atoms with Gasteiger partial charge in [0.25, 0.3) is 17.0 Å². The molecule has 1 saturated carbocycles. The first-order valence-corrected chi connectivity index (χ1v) is 15.9. The molecule has 2 aromatic heterocycles. The second-order valence-corrected chi connectivity index (χ2v) is 12.7. The van der Waals surface area contributed by atoms with Crippen LogP contribution in [0.4, 0.5) is 13.2 Å². The lowest BCUT2D eigenvalue weighted by Gasteiger charge is -2.40. The van der Waals surface area contributed by atoms with Gasteiger partial charge in [0, 0.05) is 50.5 Å². The van der Waals surface area contributed by atoms with Gasteiger partial charge < -0.3 is 29.7 Å². The van der Waals surface area contributed by atoms with Crippen molar-refractivity contribution in [3.63, 3.8) is 0 Å². The van der Waals surface area contributed by atoms with Crippen LogP contribution in [0.5, 0.6) is 16.8 Å². The van der Waals surface area contributed by atoms with Crippen LogP contribution in [0.15, 0.2) is 30.0 Å². The van der Waals surface area contributed by atoms with E-state index in [1.807, 2.05) is 30.0 Å². The number of amides is 1. The van der Waals surface area contributed by atoms with Crippen molar-refractivity contribution in [3.05, 3.63) is 56.7 Å². The number of rotatable bonds is 11. The van der Waals surface area contributed by atoms with Crippen molar-refractivity contribution in [3.8, 4) is 16.8 Å². The van der Waals surface area contributed by atoms with Gasteiger partial charge in [0.1, 0.15) is 24.0 Å². The summed E-state index contributed by atoms with van der Waals surface area (Å²) < 4.78 is 56.9. The summed E-state index contributed by atoms with van der Waals surface area (Å²) in [5.41, 5.74) is 2.70. The maximum atomic E-state index is 14.4. The average molecular weight is 667 g/mol. The molecule has 2 atom stereocenters. The summed E-state index contributed by atoms with van der Waals surface area (Å²) in [5, 5.41) is 10.6. The number of nitrogens with zero attached hydrogens (tertiary/aromatic N) is 4. The molecule has 242 valence electrons. The highest BCUT2D eigenvalue weighted by atomic mass is 35.5. The van der Waals surface area contributed by atoms with E-state index in [0.717, 1.165) is 59.3 Å². The molecule has 4 heterocycles. The Morgan fingerprint density at radius 2 is 2.00 bits per heavy atom. The van der Waals surface area contributed by atoms with Crippen LogP contribution in [-0.4, -0.2) is 77.1 Å². The Morgan fingerprint density at radius 3 is 2.71 bits per heavy atom. The lowest BCUT2D eigenvalue weighted by molar-refractivity contribution is -0.143. The molecule has 15 heteroatoms. The Labute approximate surface area is 267 Å². The molecule has 1 aromatic carbocycles. The number of halogens is 4. The van der Waals surface area contributed by atoms with Crippen LogP contribution < -0.4 is 24.8 Å². The number of aromatic nitrogens is 3. The highest BCUT2D eigenvalue weighted by molar-refractivity contribution is 7.14. The highest BCUT2D eigenvalue weighted by Crippen LogP contribution is 2.40. The Morgan fingerprint density at radius 1 is 1.22 bits per heavy atom. The fourth-order valence-electron chi connectivity index (χ4n) is 5.95. The van der Waals surface area contributed by atoms with Crippen LogP contribution in [0, 0.1) is 6.92 Å². The van der Waals surface area contributed by atoms with E-state index in [9.17, 15) is 18.0 Å². The molecule has 2 fully saturated rings. The molecule has 2 bridgehead atoms. The van der Waals surface area contributed by atoms with Crippen LogP contribution in [-0.2, 0) is 24.6 Å². The average Bonchev–Trinajstić information content (AvgIpc) is 3.65. The third kappa shape index (κ3) is 6.64. The quantitative estimate of drug-likeness (QED) is 0.287. The smallest absolute Gasteiger partial charge is 0.434 e. The van der Waals surface area contributed by atoms with E-state index < -0.39 is 16.9 Å². The molecule has 6 rings (SSSR count). The van der Waals surface area contributed by atoms with Gasteiger partial charge in [-0.25, -0.2) is 4.98 Å². The number of fused-ring (bicyclic) bond motifs is 2. The van der Waals surface area contributed by atoms with Gasteiger partial charge in [-0.1, -0.05) is 35.1 Å². The summed E-state index contributed by atoms with van der Waals surface area (Å²) in [4.78, 5) is 21.7. The van der Waals surface area contributed by atoms with Crippen molar-refractivity contribution in [2.45, 2.75) is 57.0 Å². The number of carbonyl (C=O) groups is 1. The number of methoxy groups -OCH3 is 1. The molecule has 2 N–H and O–H groups in total. The molecule has 10 nitrogen and oxygen atoms in total. The second kappa shape index (κ2) is 12.8. The lowest BCUT2D eigenvalue weighted by Crippen LogP contribution is -2.59. The molecule has 3 aliphatic rings. The van der Waals surface area contributed by atoms with Crippen LogP contribution in [0.3, 0.4) is 0 Å². The van der Waals surface area contributed by atoms with Crippen LogP contribution in [0.25, 0.3) is 5.57 Å². The highest BCUT2D eigenvalue weighted by Gasteiger charge is 2.42. The molecule has 0 spiro atoms. The van der Waals surface area contributed by atoms with Gasteiger partial charge in [-0.05, 0) is 49.0 Å². The number of ether oxygens (including phenoxy) is 3. The van der Waals surface area contributed by atoms with Crippen molar-refractivity contribution < 1.29 is 32.2 Å². The third-order valence-electron chi connectivity index (χ3n) is 8.29. The van der Waals surface area contributed by atoms with E-state index in [4.69, 9.17) is 25.8 Å². The molecule has 1 aliphatic carbocycles. The Balaban J connectivity index is 1.19. The second-order valence-electron chi connectivity index (χ2n) is 11.4. The van der Waals surface area contributed by atoms with Gasteiger partial charge in [0.2, 0.25) is 0 Å². The van der Waals surface area contributed by atoms with Gasteiger partial charge in [0.05, 0.1) is 18.0 Å². The maximum Gasteiger partial charge on any atom is 0.434 e. The third-order valence-corrected chi connectivity index (χ3v) is 9.60. The van der Waals surface area contributed by atoms with Gasteiger partial charge in [-0.3, -0.25) is 9.48 Å². The maximum absolute atomic E-state index is 14.4. The molecule has 1 amide bonds. The fourth-order valence-corrected chi connectivity index (χ4v) is 7.13. The number of hydrogen-bond acceptors (Lipinski definition) is 9. The largest absolute Gasteiger partial charge is 0.496 e. The number of thiazole rings is 1. The van der Waals surface area contributed by atoms with Gasteiger partial charge in [0.15, 0.2) is 5.69 Å². The van der Waals surface area contributed by atoms with Crippen LogP contribution >= 0.6 is 22.9 Å². The molecule has 3 aromatic rings. The molecule has 2 unspecified atom stereocenters. The number of aryl methyl sites for hydroxylation is 1. The number of benzene rings is 1. The van der Waals surface area contributed by atoms with E-state index in [-0.39, 0.29) is 43.1 Å². The summed E-state index contributed by atoms with van der Waals surface area (Å²) in [6.07, 6.45) is -0.338. The number of piperazine rings is 1. The Bertz CT molecular complexity index is 1600. The minimum absolute atomic E-state index is 0.0120. The number of hydrogen-bond donors (Lipinski definition) is 2. The summed E-state index contributed by atoms with van der Waals surface area (Å²) in [5.74, 6) is 0.498. The first kappa shape index (κ1) is 31.6. The molecular formula is C30H34ClF3N6O4S. The zero-order chi connectivity index (χ0) is 31.9. The lowest BCUT2D eigenvalue weighted by atomic mass is 9.86. The normalized spacial score (nSPS) is 19.9. The minimum atomic E-state index is -4.66. The van der Waals surface area contributed by atoms with Gasteiger partial charge in [-0.2, -0.15) is 13.2 Å². The van der Waals surface area contributed by atoms with Crippen LogP contribution in [0.1, 0.15) is 41.0 Å². The molecular weight excluding hydrogens is 633 g/mol. The predicted octanol–water partition coefficient (Wildman–Crippen LogP) is 4.60. The summed E-state index contributed by atoms with van der Waals surface area (Å²) in [6.45, 7) is 3.87. The molecule has 45 heavy (non-hydrogen) atoms. The summed E-state index contributed by atoms with van der Waals surface area (Å²) in [7, 11) is 2.80. The van der Waals surface area contributed by atoms with Crippen LogP contribution in [0.2, 0.25) is 5.02 Å². The molecule has 0 radical (unpaired) electrons. The monoisotopic (exact) mass is 666 g/mol. The first-order valence-electron chi connectivity index (χ1n) is 14.7. The topological polar surface area (TPSA) is 103 Å². The Hall–Kier alpha value is -3.33. The van der Waals surface area contributed by atoms with E-state index >= 15 is 0 Å². The van der Waals surface area contributed by atoms with E-state index in [0.29, 0.717) is 29.4 Å². The zero-order valence-corrected chi connectivity index (χ0v) is 26.6. The minimum Gasteiger partial charge on any atom is -0.496 e. The van der Waals surface area contributed by atoms with Crippen molar-refractivity contribution >= 4 is 34.4 Å². The fraction of sp³-hybridized carbons (Fsp3) is 0.500. The van der Waals surface area contributed by atoms with Crippen molar-refractivity contribution in [2.24, 2.45) is 7.05 Å². The number of nitrogens with one attached hydrogen (secondary N) is 2. The van der Waals surface area contributed by atoms with E-state index in [2.05, 4.69) is 20.7 Å². The summed E-state index contributed by atoms with van der Waals surface area (Å²) in [6, 6.07) is 6.14. The van der Waals surface area contributed by atoms with Crippen molar-refractivity contribution in [1.29, 1.82) is 0 Å². The predicted molar refractivity (Wildman–Crippen MR) is 163 cm³/mol. The van der Waals surface area contributed by atoms with Gasteiger partial charge in [-0.15, -0.1) is 5.10 Å². The van der Waals surface area contributed by atoms with Crippen molar-refractivity contribution in [2.75, 3.05) is 33.4 Å². The molecule has 1 saturated heterocycles. The van der Waals surface area contributed by atoms with Gasteiger partial charge >= 0.3 is 6.18 Å². The zero-order valence-electron chi connectivity index (χ0n) is 25.0. The molecule has 2 aliphatic heterocycles. The number of carbonyl (C=O) groups excluding carboxylic acids is 1. The SMILES string of the molecule is COc1cccc(CN(C(=O)C2=C(c3cnc(OCCOc4nn(C)c(C(F)(F)F)c4Cl)s3)CC3CNCC2N3)C2CC2)c1C. The summed E-state index contributed by atoms with van der Waals surface area (Å²) >= 11 is 7.19.